The number of hydrogen-bond acceptors (Lipinski definition) is 4. The first-order valence-electron chi connectivity index (χ1n) is 6.16. The van der Waals surface area contributed by atoms with Crippen LogP contribution < -0.4 is 10.5 Å². The van der Waals surface area contributed by atoms with Crippen LogP contribution >= 0.6 is 15.9 Å². The van der Waals surface area contributed by atoms with Crippen molar-refractivity contribution in [3.63, 3.8) is 0 Å². The number of ketones is 1. The first kappa shape index (κ1) is 14.5. The molecule has 1 aromatic carbocycles. The number of methoxy groups -OCH3 is 1. The fourth-order valence-corrected chi connectivity index (χ4v) is 2.64. The molecule has 0 radical (unpaired) electrons. The molecule has 0 saturated carbocycles. The molecule has 4 nitrogen and oxygen atoms in total. The largest absolute Gasteiger partial charge is 0.496 e. The third-order valence-corrected chi connectivity index (χ3v) is 4.24. The van der Waals surface area contributed by atoms with E-state index < -0.39 is 5.41 Å². The van der Waals surface area contributed by atoms with Gasteiger partial charge in [-0.15, -0.1) is 0 Å². The smallest absolute Gasteiger partial charge is 0.147 e. The van der Waals surface area contributed by atoms with Crippen LogP contribution in [0.25, 0.3) is 0 Å². The summed E-state index contributed by atoms with van der Waals surface area (Å²) in [6.07, 6.45) is 0.302. The summed E-state index contributed by atoms with van der Waals surface area (Å²) in [4.78, 5) is 12.5. The number of ether oxygens (including phenoxy) is 2. The van der Waals surface area contributed by atoms with Gasteiger partial charge in [-0.3, -0.25) is 4.79 Å². The fraction of sp³-hybridized carbons (Fsp3) is 0.500. The Morgan fingerprint density at radius 2 is 2.37 bits per heavy atom. The van der Waals surface area contributed by atoms with Gasteiger partial charge in [0.1, 0.15) is 11.5 Å². The van der Waals surface area contributed by atoms with Gasteiger partial charge in [0.2, 0.25) is 0 Å². The van der Waals surface area contributed by atoms with Crippen molar-refractivity contribution in [3.05, 3.63) is 28.2 Å². The van der Waals surface area contributed by atoms with E-state index in [1.165, 1.54) is 0 Å². The maximum atomic E-state index is 12.5. The predicted molar refractivity (Wildman–Crippen MR) is 76.3 cm³/mol. The van der Waals surface area contributed by atoms with Crippen LogP contribution in [0, 0.1) is 5.41 Å². The lowest BCUT2D eigenvalue weighted by Crippen LogP contribution is -2.45. The zero-order valence-electron chi connectivity index (χ0n) is 11.1. The van der Waals surface area contributed by atoms with E-state index in [1.807, 2.05) is 25.1 Å². The molecule has 5 heteroatoms. The van der Waals surface area contributed by atoms with E-state index in [2.05, 4.69) is 15.9 Å². The van der Waals surface area contributed by atoms with Crippen LogP contribution in [-0.2, 0) is 16.0 Å². The molecule has 0 spiro atoms. The number of Topliss-reactive ketones (excluding diaryl/α,β-unsaturated/α-hetero) is 1. The van der Waals surface area contributed by atoms with E-state index in [0.717, 1.165) is 10.0 Å². The lowest BCUT2D eigenvalue weighted by molar-refractivity contribution is -0.127. The molecule has 2 atom stereocenters. The topological polar surface area (TPSA) is 61.5 Å². The van der Waals surface area contributed by atoms with Crippen molar-refractivity contribution < 1.29 is 14.3 Å². The Bertz CT molecular complexity index is 492. The van der Waals surface area contributed by atoms with E-state index in [4.69, 9.17) is 15.2 Å². The number of carbonyl (C=O) groups is 1. The molecular weight excluding hydrogens is 310 g/mol. The van der Waals surface area contributed by atoms with Gasteiger partial charge in [0.25, 0.3) is 0 Å². The van der Waals surface area contributed by atoms with Gasteiger partial charge < -0.3 is 15.2 Å². The highest BCUT2D eigenvalue weighted by atomic mass is 79.9. The van der Waals surface area contributed by atoms with Crippen molar-refractivity contribution in [1.29, 1.82) is 0 Å². The summed E-state index contributed by atoms with van der Waals surface area (Å²) < 4.78 is 11.5. The summed E-state index contributed by atoms with van der Waals surface area (Å²) >= 11 is 3.41. The number of benzene rings is 1. The quantitative estimate of drug-likeness (QED) is 0.917. The summed E-state index contributed by atoms with van der Waals surface area (Å²) in [5.41, 5.74) is 6.24. The van der Waals surface area contributed by atoms with Crippen LogP contribution in [-0.4, -0.2) is 32.1 Å². The number of hydrogen-bond donors (Lipinski definition) is 1. The Labute approximate surface area is 121 Å². The fourth-order valence-electron chi connectivity index (χ4n) is 2.24. The van der Waals surface area contributed by atoms with Gasteiger partial charge in [-0.2, -0.15) is 0 Å². The van der Waals surface area contributed by atoms with Crippen molar-refractivity contribution in [2.45, 2.75) is 19.4 Å². The summed E-state index contributed by atoms with van der Waals surface area (Å²) in [6, 6.07) is 5.40. The van der Waals surface area contributed by atoms with Gasteiger partial charge in [0.15, 0.2) is 0 Å². The highest BCUT2D eigenvalue weighted by molar-refractivity contribution is 9.10. The molecule has 1 fully saturated rings. The summed E-state index contributed by atoms with van der Waals surface area (Å²) in [6.45, 7) is 2.71. The normalized spacial score (nSPS) is 26.4. The first-order valence-corrected chi connectivity index (χ1v) is 6.95. The third-order valence-electron chi connectivity index (χ3n) is 3.75. The molecule has 0 bridgehead atoms. The molecule has 1 aliphatic heterocycles. The minimum Gasteiger partial charge on any atom is -0.496 e. The van der Waals surface area contributed by atoms with E-state index in [1.54, 1.807) is 7.11 Å². The lowest BCUT2D eigenvalue weighted by atomic mass is 9.79. The highest BCUT2D eigenvalue weighted by Gasteiger charge is 2.43. The van der Waals surface area contributed by atoms with Crippen LogP contribution in [0.2, 0.25) is 0 Å². The molecule has 1 aliphatic rings. The number of carbonyl (C=O) groups excluding carboxylic acids is 1. The Kier molecular flexibility index (Phi) is 4.28. The Balaban J connectivity index is 2.21. The van der Waals surface area contributed by atoms with Gasteiger partial charge in [0.05, 0.1) is 25.7 Å². The average Bonchev–Trinajstić information content (AvgIpc) is 2.71. The van der Waals surface area contributed by atoms with Crippen LogP contribution in [0.4, 0.5) is 0 Å². The zero-order valence-corrected chi connectivity index (χ0v) is 12.7. The second kappa shape index (κ2) is 5.61. The van der Waals surface area contributed by atoms with E-state index >= 15 is 0 Å². The van der Waals surface area contributed by atoms with Gasteiger partial charge in [-0.05, 0) is 25.1 Å². The Morgan fingerprint density at radius 1 is 1.63 bits per heavy atom. The number of nitrogens with two attached hydrogens (primary N) is 1. The van der Waals surface area contributed by atoms with Crippen LogP contribution in [0.15, 0.2) is 22.7 Å². The zero-order chi connectivity index (χ0) is 14.0. The van der Waals surface area contributed by atoms with Crippen LogP contribution in [0.1, 0.15) is 12.5 Å². The molecule has 2 unspecified atom stereocenters. The second-order valence-corrected chi connectivity index (χ2v) is 6.01. The number of rotatable bonds is 4. The Hall–Kier alpha value is -0.910. The number of halogens is 1. The molecule has 0 aromatic heterocycles. The lowest BCUT2D eigenvalue weighted by Gasteiger charge is -2.25. The summed E-state index contributed by atoms with van der Waals surface area (Å²) in [7, 11) is 1.60. The van der Waals surface area contributed by atoms with Gasteiger partial charge in [-0.1, -0.05) is 15.9 Å². The van der Waals surface area contributed by atoms with Gasteiger partial charge in [0, 0.05) is 22.5 Å². The highest BCUT2D eigenvalue weighted by Crippen LogP contribution is 2.32. The second-order valence-electron chi connectivity index (χ2n) is 5.10. The SMILES string of the molecule is COc1ccc(Br)cc1CC(=O)C1(C)COCC1N. The van der Waals surface area contributed by atoms with Crippen molar-refractivity contribution in [1.82, 2.24) is 0 Å². The molecule has 2 N–H and O–H groups in total. The minimum absolute atomic E-state index is 0.0916. The maximum absolute atomic E-state index is 12.5. The predicted octanol–water partition coefficient (Wildman–Crippen LogP) is 1.93. The minimum atomic E-state index is -0.604. The van der Waals surface area contributed by atoms with Crippen LogP contribution in [0.5, 0.6) is 5.75 Å². The molecule has 1 aromatic rings. The monoisotopic (exact) mass is 327 g/mol. The van der Waals surface area contributed by atoms with Crippen molar-refractivity contribution in [2.24, 2.45) is 11.1 Å². The van der Waals surface area contributed by atoms with Gasteiger partial charge >= 0.3 is 0 Å². The third kappa shape index (κ3) is 2.83. The standard InChI is InChI=1S/C14H18BrNO3/c1-14(8-19-7-12(14)16)13(17)6-9-5-10(15)3-4-11(9)18-2/h3-5,12H,6-8,16H2,1-2H3. The van der Waals surface area contributed by atoms with Crippen molar-refractivity contribution >= 4 is 21.7 Å². The molecule has 19 heavy (non-hydrogen) atoms. The van der Waals surface area contributed by atoms with Crippen molar-refractivity contribution in [3.8, 4) is 5.75 Å². The summed E-state index contributed by atoms with van der Waals surface area (Å²) in [5, 5.41) is 0. The molecule has 0 amide bonds. The average molecular weight is 328 g/mol. The van der Waals surface area contributed by atoms with Crippen LogP contribution in [0.3, 0.4) is 0 Å². The maximum Gasteiger partial charge on any atom is 0.147 e. The summed E-state index contributed by atoms with van der Waals surface area (Å²) in [5.74, 6) is 0.807. The molecular formula is C14H18BrNO3. The molecule has 104 valence electrons. The van der Waals surface area contributed by atoms with Crippen molar-refractivity contribution in [2.75, 3.05) is 20.3 Å². The van der Waals surface area contributed by atoms with E-state index in [9.17, 15) is 4.79 Å². The molecule has 2 rings (SSSR count). The van der Waals surface area contributed by atoms with Gasteiger partial charge in [-0.25, -0.2) is 0 Å². The van der Waals surface area contributed by atoms with E-state index in [-0.39, 0.29) is 11.8 Å². The first-order chi connectivity index (χ1) is 8.97. The van der Waals surface area contributed by atoms with E-state index in [0.29, 0.717) is 25.4 Å². The molecule has 1 heterocycles. The molecule has 0 aliphatic carbocycles. The molecule has 1 saturated heterocycles. The Morgan fingerprint density at radius 3 is 2.95 bits per heavy atom.